The molecule has 0 unspecified atom stereocenters. The second kappa shape index (κ2) is 9.78. The van der Waals surface area contributed by atoms with Crippen LogP contribution in [0.3, 0.4) is 0 Å². The topological polar surface area (TPSA) is 67.9 Å². The summed E-state index contributed by atoms with van der Waals surface area (Å²) < 4.78 is 10.5. The van der Waals surface area contributed by atoms with E-state index < -0.39 is 0 Å². The number of anilines is 1. The first-order valence-electron chi connectivity index (χ1n) is 9.16. The molecule has 0 atom stereocenters. The number of para-hydroxylation sites is 1. The van der Waals surface area contributed by atoms with Gasteiger partial charge in [-0.2, -0.15) is 0 Å². The Bertz CT molecular complexity index is 806. The summed E-state index contributed by atoms with van der Waals surface area (Å²) in [6, 6.07) is 11.4. The zero-order chi connectivity index (χ0) is 20.7. The fourth-order valence-corrected chi connectivity index (χ4v) is 2.95. The predicted molar refractivity (Wildman–Crippen MR) is 110 cm³/mol. The Morgan fingerprint density at radius 3 is 2.11 bits per heavy atom. The van der Waals surface area contributed by atoms with Crippen molar-refractivity contribution >= 4 is 17.5 Å². The van der Waals surface area contributed by atoms with Crippen molar-refractivity contribution < 1.29 is 19.1 Å². The molecule has 0 aromatic heterocycles. The summed E-state index contributed by atoms with van der Waals surface area (Å²) in [5.74, 6) is 1.06. The molecule has 2 rings (SSSR count). The standard InChI is InChI=1S/C22H28N2O4/c1-15-7-6-8-16(2)22(15)23-20(25)14-24(3)21(26)10-9-17-11-18(27-4)13-19(12-17)28-5/h6-8,11-13H,9-10,14H2,1-5H3,(H,23,25). The fourth-order valence-electron chi connectivity index (χ4n) is 2.95. The Morgan fingerprint density at radius 1 is 1.00 bits per heavy atom. The van der Waals surface area contributed by atoms with E-state index in [1.54, 1.807) is 27.3 Å². The number of benzene rings is 2. The van der Waals surface area contributed by atoms with E-state index in [0.717, 1.165) is 22.4 Å². The SMILES string of the molecule is COc1cc(CCC(=O)N(C)CC(=O)Nc2c(C)cccc2C)cc(OC)c1. The lowest BCUT2D eigenvalue weighted by atomic mass is 10.1. The normalized spacial score (nSPS) is 10.3. The summed E-state index contributed by atoms with van der Waals surface area (Å²) >= 11 is 0. The minimum Gasteiger partial charge on any atom is -0.497 e. The number of amides is 2. The van der Waals surface area contributed by atoms with E-state index in [-0.39, 0.29) is 18.4 Å². The quantitative estimate of drug-likeness (QED) is 0.758. The van der Waals surface area contributed by atoms with Crippen LogP contribution in [0.5, 0.6) is 11.5 Å². The number of nitrogens with one attached hydrogen (secondary N) is 1. The lowest BCUT2D eigenvalue weighted by molar-refractivity contribution is -0.133. The molecule has 2 aromatic carbocycles. The molecular weight excluding hydrogens is 356 g/mol. The van der Waals surface area contributed by atoms with Crippen molar-refractivity contribution in [3.05, 3.63) is 53.1 Å². The molecule has 0 spiro atoms. The molecule has 0 aliphatic carbocycles. The van der Waals surface area contributed by atoms with Crippen LogP contribution < -0.4 is 14.8 Å². The van der Waals surface area contributed by atoms with Crippen molar-refractivity contribution in [2.75, 3.05) is 33.1 Å². The molecule has 6 nitrogen and oxygen atoms in total. The molecule has 0 saturated carbocycles. The van der Waals surface area contributed by atoms with Crippen LogP contribution in [0, 0.1) is 13.8 Å². The minimum absolute atomic E-state index is 0.00798. The molecule has 0 fully saturated rings. The average molecular weight is 384 g/mol. The molecule has 0 bridgehead atoms. The Kier molecular flexibility index (Phi) is 7.44. The number of nitrogens with zero attached hydrogens (tertiary/aromatic N) is 1. The van der Waals surface area contributed by atoms with Crippen molar-refractivity contribution in [3.8, 4) is 11.5 Å². The number of carbonyl (C=O) groups excluding carboxylic acids is 2. The molecule has 2 amide bonds. The molecule has 2 aromatic rings. The summed E-state index contributed by atoms with van der Waals surface area (Å²) in [5.41, 5.74) is 3.73. The van der Waals surface area contributed by atoms with Gasteiger partial charge in [-0.15, -0.1) is 0 Å². The summed E-state index contributed by atoms with van der Waals surface area (Å²) in [6.45, 7) is 3.90. The van der Waals surface area contributed by atoms with E-state index in [4.69, 9.17) is 9.47 Å². The van der Waals surface area contributed by atoms with Crippen molar-refractivity contribution in [1.82, 2.24) is 4.90 Å². The second-order valence-electron chi connectivity index (χ2n) is 6.79. The number of hydrogen-bond donors (Lipinski definition) is 1. The van der Waals surface area contributed by atoms with Crippen LogP contribution in [0.2, 0.25) is 0 Å². The number of rotatable bonds is 8. The molecule has 0 radical (unpaired) electrons. The molecule has 0 aliphatic rings. The number of likely N-dealkylation sites (N-methyl/N-ethyl adjacent to an activating group) is 1. The molecular formula is C22H28N2O4. The molecule has 0 saturated heterocycles. The van der Waals surface area contributed by atoms with Gasteiger partial charge in [-0.05, 0) is 49.1 Å². The van der Waals surface area contributed by atoms with Gasteiger partial charge in [-0.1, -0.05) is 18.2 Å². The van der Waals surface area contributed by atoms with Crippen molar-refractivity contribution in [2.45, 2.75) is 26.7 Å². The zero-order valence-electron chi connectivity index (χ0n) is 17.2. The number of aryl methyl sites for hydroxylation is 3. The lowest BCUT2D eigenvalue weighted by Gasteiger charge is -2.18. The van der Waals surface area contributed by atoms with Crippen molar-refractivity contribution in [1.29, 1.82) is 0 Å². The van der Waals surface area contributed by atoms with Crippen LogP contribution in [0.1, 0.15) is 23.1 Å². The van der Waals surface area contributed by atoms with Gasteiger partial charge in [0, 0.05) is 25.2 Å². The van der Waals surface area contributed by atoms with Gasteiger partial charge in [0.15, 0.2) is 0 Å². The highest BCUT2D eigenvalue weighted by Gasteiger charge is 2.15. The van der Waals surface area contributed by atoms with Crippen molar-refractivity contribution in [3.63, 3.8) is 0 Å². The van der Waals surface area contributed by atoms with Crippen LogP contribution in [0.4, 0.5) is 5.69 Å². The van der Waals surface area contributed by atoms with Gasteiger partial charge in [0.2, 0.25) is 11.8 Å². The Labute approximate surface area is 166 Å². The van der Waals surface area contributed by atoms with Gasteiger partial charge in [-0.25, -0.2) is 0 Å². The maximum Gasteiger partial charge on any atom is 0.243 e. The highest BCUT2D eigenvalue weighted by atomic mass is 16.5. The number of hydrogen-bond acceptors (Lipinski definition) is 4. The first kappa shape index (κ1) is 21.3. The number of carbonyl (C=O) groups is 2. The third-order valence-corrected chi connectivity index (χ3v) is 4.59. The summed E-state index contributed by atoms with van der Waals surface area (Å²) in [4.78, 5) is 26.2. The first-order chi connectivity index (χ1) is 13.3. The van der Waals surface area contributed by atoms with Crippen LogP contribution in [0.25, 0.3) is 0 Å². The second-order valence-corrected chi connectivity index (χ2v) is 6.79. The van der Waals surface area contributed by atoms with Gasteiger partial charge < -0.3 is 19.7 Å². The molecule has 0 aliphatic heterocycles. The van der Waals surface area contributed by atoms with E-state index in [2.05, 4.69) is 5.32 Å². The largest absolute Gasteiger partial charge is 0.497 e. The molecule has 150 valence electrons. The number of methoxy groups -OCH3 is 2. The third-order valence-electron chi connectivity index (χ3n) is 4.59. The molecule has 0 heterocycles. The molecule has 28 heavy (non-hydrogen) atoms. The van der Waals surface area contributed by atoms with Crippen LogP contribution in [-0.4, -0.2) is 44.5 Å². The van der Waals surface area contributed by atoms with E-state index in [1.807, 2.05) is 44.2 Å². The van der Waals surface area contributed by atoms with Gasteiger partial charge in [0.1, 0.15) is 11.5 Å². The smallest absolute Gasteiger partial charge is 0.243 e. The molecule has 1 N–H and O–H groups in total. The number of ether oxygens (including phenoxy) is 2. The van der Waals surface area contributed by atoms with Crippen LogP contribution >= 0.6 is 0 Å². The van der Waals surface area contributed by atoms with Gasteiger partial charge in [0.05, 0.1) is 20.8 Å². The van der Waals surface area contributed by atoms with Crippen LogP contribution in [0.15, 0.2) is 36.4 Å². The fraction of sp³-hybridized carbons (Fsp3) is 0.364. The Hall–Kier alpha value is -3.02. The van der Waals surface area contributed by atoms with Gasteiger partial charge in [-0.3, -0.25) is 9.59 Å². The first-order valence-corrected chi connectivity index (χ1v) is 9.16. The Balaban J connectivity index is 1.91. The van der Waals surface area contributed by atoms with E-state index >= 15 is 0 Å². The lowest BCUT2D eigenvalue weighted by Crippen LogP contribution is -2.35. The highest BCUT2D eigenvalue weighted by Crippen LogP contribution is 2.23. The third kappa shape index (κ3) is 5.74. The van der Waals surface area contributed by atoms with E-state index in [0.29, 0.717) is 24.3 Å². The summed E-state index contributed by atoms with van der Waals surface area (Å²) in [5, 5.41) is 2.90. The summed E-state index contributed by atoms with van der Waals surface area (Å²) in [6.07, 6.45) is 0.832. The van der Waals surface area contributed by atoms with E-state index in [1.165, 1.54) is 4.90 Å². The maximum absolute atomic E-state index is 12.4. The highest BCUT2D eigenvalue weighted by molar-refractivity contribution is 5.95. The molecule has 6 heteroatoms. The van der Waals surface area contributed by atoms with Crippen LogP contribution in [-0.2, 0) is 16.0 Å². The zero-order valence-corrected chi connectivity index (χ0v) is 17.2. The van der Waals surface area contributed by atoms with Gasteiger partial charge in [0.25, 0.3) is 0 Å². The summed E-state index contributed by atoms with van der Waals surface area (Å²) in [7, 11) is 4.82. The van der Waals surface area contributed by atoms with Crippen molar-refractivity contribution in [2.24, 2.45) is 0 Å². The monoisotopic (exact) mass is 384 g/mol. The minimum atomic E-state index is -0.212. The predicted octanol–water partition coefficient (Wildman–Crippen LogP) is 3.35. The van der Waals surface area contributed by atoms with E-state index in [9.17, 15) is 9.59 Å². The van der Waals surface area contributed by atoms with Gasteiger partial charge >= 0.3 is 0 Å². The maximum atomic E-state index is 12.4. The average Bonchev–Trinajstić information content (AvgIpc) is 2.68. The Morgan fingerprint density at radius 2 is 1.57 bits per heavy atom.